The minimum absolute atomic E-state index is 0.0854. The first-order valence-electron chi connectivity index (χ1n) is 8.34. The summed E-state index contributed by atoms with van der Waals surface area (Å²) in [6.07, 6.45) is 3.09. The molecule has 0 fully saturated rings. The molecule has 0 spiro atoms. The molecule has 0 aliphatic carbocycles. The van der Waals surface area contributed by atoms with E-state index in [1.54, 1.807) is 10.9 Å². The fourth-order valence-electron chi connectivity index (χ4n) is 2.92. The zero-order chi connectivity index (χ0) is 18.2. The van der Waals surface area contributed by atoms with E-state index in [1.165, 1.54) is 6.20 Å². The highest BCUT2D eigenvalue weighted by atomic mass is 16.5. The van der Waals surface area contributed by atoms with Crippen molar-refractivity contribution >= 4 is 21.9 Å². The lowest BCUT2D eigenvalue weighted by Crippen LogP contribution is -2.10. The molecule has 2 aromatic carbocycles. The van der Waals surface area contributed by atoms with Gasteiger partial charge in [-0.25, -0.2) is 4.68 Å². The molecule has 0 aliphatic rings. The summed E-state index contributed by atoms with van der Waals surface area (Å²) >= 11 is 0. The summed E-state index contributed by atoms with van der Waals surface area (Å²) in [6, 6.07) is 19.1. The maximum atomic E-state index is 12.4. The van der Waals surface area contributed by atoms with Crippen molar-refractivity contribution in [1.29, 1.82) is 0 Å². The first-order valence-corrected chi connectivity index (χ1v) is 8.34. The molecule has 3 heterocycles. The standard InChI is InChI=1S/C20H13N5O2/c26-19-16-12-22-25(14-7-2-1-3-8-14)18(16)23-20(24-19)27-15-10-13-6-4-5-9-17(13)21-11-15/h1-12H,(H,23,24,26). The Balaban J connectivity index is 1.59. The zero-order valence-electron chi connectivity index (χ0n) is 14.0. The van der Waals surface area contributed by atoms with E-state index in [2.05, 4.69) is 20.1 Å². The van der Waals surface area contributed by atoms with Gasteiger partial charge in [-0.3, -0.25) is 14.8 Å². The summed E-state index contributed by atoms with van der Waals surface area (Å²) in [7, 11) is 0. The van der Waals surface area contributed by atoms with Crippen molar-refractivity contribution in [2.45, 2.75) is 0 Å². The summed E-state index contributed by atoms with van der Waals surface area (Å²) in [6.45, 7) is 0. The molecule has 0 radical (unpaired) electrons. The average molecular weight is 355 g/mol. The predicted molar refractivity (Wildman–Crippen MR) is 101 cm³/mol. The molecule has 0 bridgehead atoms. The van der Waals surface area contributed by atoms with E-state index in [1.807, 2.05) is 60.7 Å². The number of nitrogens with one attached hydrogen (secondary N) is 1. The topological polar surface area (TPSA) is 85.7 Å². The van der Waals surface area contributed by atoms with Crippen LogP contribution in [0.25, 0.3) is 27.6 Å². The summed E-state index contributed by atoms with van der Waals surface area (Å²) < 4.78 is 7.37. The number of nitrogens with zero attached hydrogens (tertiary/aromatic N) is 4. The second-order valence-corrected chi connectivity index (χ2v) is 5.97. The van der Waals surface area contributed by atoms with Crippen LogP contribution in [-0.4, -0.2) is 24.7 Å². The lowest BCUT2D eigenvalue weighted by atomic mass is 10.2. The number of hydrogen-bond donors (Lipinski definition) is 1. The quantitative estimate of drug-likeness (QED) is 0.536. The van der Waals surface area contributed by atoms with Crippen molar-refractivity contribution in [3.63, 3.8) is 0 Å². The third-order valence-corrected chi connectivity index (χ3v) is 4.20. The normalized spacial score (nSPS) is 11.1. The number of fused-ring (bicyclic) bond motifs is 2. The first kappa shape index (κ1) is 15.3. The van der Waals surface area contributed by atoms with Gasteiger partial charge in [0.2, 0.25) is 0 Å². The monoisotopic (exact) mass is 355 g/mol. The molecule has 0 saturated heterocycles. The summed E-state index contributed by atoms with van der Waals surface area (Å²) in [4.78, 5) is 23.8. The fraction of sp³-hybridized carbons (Fsp3) is 0. The Bertz CT molecular complexity index is 1320. The van der Waals surface area contributed by atoms with E-state index >= 15 is 0 Å². The van der Waals surface area contributed by atoms with Gasteiger partial charge in [0.1, 0.15) is 11.1 Å². The van der Waals surface area contributed by atoms with Crippen molar-refractivity contribution < 1.29 is 4.74 Å². The lowest BCUT2D eigenvalue weighted by molar-refractivity contribution is 0.441. The van der Waals surface area contributed by atoms with Crippen LogP contribution in [-0.2, 0) is 0 Å². The van der Waals surface area contributed by atoms with Gasteiger partial charge in [-0.1, -0.05) is 36.4 Å². The SMILES string of the molecule is O=c1[nH]c(Oc2cnc3ccccc3c2)nc2c1cnn2-c1ccccc1. The lowest BCUT2D eigenvalue weighted by Gasteiger charge is -2.06. The van der Waals surface area contributed by atoms with Gasteiger partial charge in [-0.05, 0) is 24.3 Å². The molecule has 7 nitrogen and oxygen atoms in total. The van der Waals surface area contributed by atoms with Crippen molar-refractivity contribution in [3.05, 3.63) is 83.4 Å². The van der Waals surface area contributed by atoms with E-state index in [0.717, 1.165) is 16.6 Å². The van der Waals surface area contributed by atoms with Crippen LogP contribution in [0.2, 0.25) is 0 Å². The number of rotatable bonds is 3. The van der Waals surface area contributed by atoms with Crippen molar-refractivity contribution in [1.82, 2.24) is 24.7 Å². The Hall–Kier alpha value is -4.00. The fourth-order valence-corrected chi connectivity index (χ4v) is 2.92. The minimum atomic E-state index is -0.314. The molecule has 5 aromatic rings. The van der Waals surface area contributed by atoms with Gasteiger partial charge >= 0.3 is 6.01 Å². The van der Waals surface area contributed by atoms with Crippen LogP contribution >= 0.6 is 0 Å². The highest BCUT2D eigenvalue weighted by Crippen LogP contribution is 2.22. The molecule has 130 valence electrons. The summed E-state index contributed by atoms with van der Waals surface area (Å²) in [5, 5.41) is 5.61. The van der Waals surface area contributed by atoms with Gasteiger partial charge in [-0.2, -0.15) is 10.1 Å². The number of benzene rings is 2. The van der Waals surface area contributed by atoms with Crippen LogP contribution < -0.4 is 10.3 Å². The summed E-state index contributed by atoms with van der Waals surface area (Å²) in [5.74, 6) is 0.488. The minimum Gasteiger partial charge on any atom is -0.424 e. The number of para-hydroxylation sites is 2. The first-order chi connectivity index (χ1) is 13.3. The Morgan fingerprint density at radius 2 is 1.78 bits per heavy atom. The van der Waals surface area contributed by atoms with E-state index in [4.69, 9.17) is 4.74 Å². The van der Waals surface area contributed by atoms with Gasteiger partial charge in [0.25, 0.3) is 5.56 Å². The molecule has 0 unspecified atom stereocenters. The molecule has 0 aliphatic heterocycles. The molecule has 3 aromatic heterocycles. The smallest absolute Gasteiger partial charge is 0.304 e. The van der Waals surface area contributed by atoms with Crippen molar-refractivity contribution in [2.75, 3.05) is 0 Å². The van der Waals surface area contributed by atoms with Crippen molar-refractivity contribution in [2.24, 2.45) is 0 Å². The number of H-pyrrole nitrogens is 1. The van der Waals surface area contributed by atoms with Gasteiger partial charge in [-0.15, -0.1) is 0 Å². The van der Waals surface area contributed by atoms with Crippen LogP contribution in [0, 0.1) is 0 Å². The second-order valence-electron chi connectivity index (χ2n) is 5.97. The Morgan fingerprint density at radius 1 is 0.963 bits per heavy atom. The molecule has 0 saturated carbocycles. The predicted octanol–water partition coefficient (Wildman–Crippen LogP) is 3.45. The van der Waals surface area contributed by atoms with Gasteiger partial charge in [0, 0.05) is 5.39 Å². The number of aromatic amines is 1. The molecule has 0 amide bonds. The molecular weight excluding hydrogens is 342 g/mol. The third kappa shape index (κ3) is 2.71. The summed E-state index contributed by atoms with van der Waals surface area (Å²) in [5.41, 5.74) is 1.78. The van der Waals surface area contributed by atoms with Gasteiger partial charge in [0.05, 0.1) is 23.6 Å². The van der Waals surface area contributed by atoms with Crippen LogP contribution in [0.4, 0.5) is 0 Å². The number of hydrogen-bond acceptors (Lipinski definition) is 5. The molecule has 1 N–H and O–H groups in total. The number of ether oxygens (including phenoxy) is 1. The van der Waals surface area contributed by atoms with E-state index in [-0.39, 0.29) is 11.6 Å². The maximum Gasteiger partial charge on any atom is 0.304 e. The van der Waals surface area contributed by atoms with Crippen LogP contribution in [0.15, 0.2) is 77.9 Å². The van der Waals surface area contributed by atoms with Crippen LogP contribution in [0.5, 0.6) is 11.8 Å². The maximum absolute atomic E-state index is 12.4. The largest absolute Gasteiger partial charge is 0.424 e. The van der Waals surface area contributed by atoms with Crippen LogP contribution in [0.3, 0.4) is 0 Å². The third-order valence-electron chi connectivity index (χ3n) is 4.20. The van der Waals surface area contributed by atoms with Crippen molar-refractivity contribution in [3.8, 4) is 17.4 Å². The van der Waals surface area contributed by atoms with E-state index in [0.29, 0.717) is 16.8 Å². The zero-order valence-corrected chi connectivity index (χ0v) is 14.0. The Morgan fingerprint density at radius 3 is 2.67 bits per heavy atom. The molecule has 5 rings (SSSR count). The molecular formula is C20H13N5O2. The second kappa shape index (κ2) is 6.06. The Kier molecular flexibility index (Phi) is 3.43. The highest BCUT2D eigenvalue weighted by Gasteiger charge is 2.13. The number of pyridine rings is 1. The van der Waals surface area contributed by atoms with E-state index < -0.39 is 0 Å². The van der Waals surface area contributed by atoms with Crippen LogP contribution in [0.1, 0.15) is 0 Å². The average Bonchev–Trinajstić information content (AvgIpc) is 3.13. The Labute approximate surface area is 152 Å². The number of aromatic nitrogens is 5. The van der Waals surface area contributed by atoms with E-state index in [9.17, 15) is 4.79 Å². The molecule has 27 heavy (non-hydrogen) atoms. The molecule has 7 heteroatoms. The highest BCUT2D eigenvalue weighted by molar-refractivity contribution is 5.79. The van der Waals surface area contributed by atoms with Gasteiger partial charge in [0.15, 0.2) is 5.65 Å². The van der Waals surface area contributed by atoms with Gasteiger partial charge < -0.3 is 4.74 Å². The molecule has 0 atom stereocenters.